The molecule has 2 aliphatic heterocycles. The molecule has 1 aromatic rings. The summed E-state index contributed by atoms with van der Waals surface area (Å²) in [5.74, 6) is 0.526. The first-order chi connectivity index (χ1) is 11.6. The van der Waals surface area contributed by atoms with Gasteiger partial charge in [0.25, 0.3) is 0 Å². The van der Waals surface area contributed by atoms with Crippen molar-refractivity contribution >= 4 is 11.8 Å². The molecule has 130 valence electrons. The molecule has 2 aliphatic rings. The largest absolute Gasteiger partial charge is 0.342 e. The SMILES string of the molecule is CCC(=O)N1CCC(C(=O)N2CCC(Cc3ccc(F)cc3)C2)C1. The molecule has 24 heavy (non-hydrogen) atoms. The van der Waals surface area contributed by atoms with Crippen molar-refractivity contribution in [1.29, 1.82) is 0 Å². The lowest BCUT2D eigenvalue weighted by Crippen LogP contribution is -2.37. The molecule has 3 rings (SSSR count). The molecule has 2 saturated heterocycles. The van der Waals surface area contributed by atoms with E-state index >= 15 is 0 Å². The Morgan fingerprint density at radius 2 is 1.79 bits per heavy atom. The Morgan fingerprint density at radius 1 is 1.08 bits per heavy atom. The van der Waals surface area contributed by atoms with Gasteiger partial charge in [-0.25, -0.2) is 4.39 Å². The van der Waals surface area contributed by atoms with Crippen LogP contribution in [-0.2, 0) is 16.0 Å². The fourth-order valence-corrected chi connectivity index (χ4v) is 3.82. The van der Waals surface area contributed by atoms with E-state index in [1.807, 2.05) is 28.9 Å². The molecule has 2 heterocycles. The fraction of sp³-hybridized carbons (Fsp3) is 0.579. The second-order valence-corrected chi connectivity index (χ2v) is 6.95. The van der Waals surface area contributed by atoms with Gasteiger partial charge >= 0.3 is 0 Å². The van der Waals surface area contributed by atoms with Crippen molar-refractivity contribution in [3.63, 3.8) is 0 Å². The van der Waals surface area contributed by atoms with Gasteiger partial charge in [0.1, 0.15) is 5.82 Å². The molecule has 1 aromatic carbocycles. The molecule has 2 unspecified atom stereocenters. The summed E-state index contributed by atoms with van der Waals surface area (Å²) in [7, 11) is 0. The molecule has 2 amide bonds. The van der Waals surface area contributed by atoms with Crippen LogP contribution in [0, 0.1) is 17.7 Å². The van der Waals surface area contributed by atoms with Crippen LogP contribution in [0.1, 0.15) is 31.7 Å². The smallest absolute Gasteiger partial charge is 0.227 e. The molecule has 0 aliphatic carbocycles. The van der Waals surface area contributed by atoms with Gasteiger partial charge in [-0.2, -0.15) is 0 Å². The number of benzene rings is 1. The highest BCUT2D eigenvalue weighted by atomic mass is 19.1. The summed E-state index contributed by atoms with van der Waals surface area (Å²) < 4.78 is 13.0. The van der Waals surface area contributed by atoms with Crippen LogP contribution in [0.3, 0.4) is 0 Å². The van der Waals surface area contributed by atoms with E-state index in [1.165, 1.54) is 12.1 Å². The lowest BCUT2D eigenvalue weighted by atomic mass is 9.99. The molecule has 2 atom stereocenters. The van der Waals surface area contributed by atoms with E-state index in [1.54, 1.807) is 0 Å². The number of rotatable bonds is 4. The number of carbonyl (C=O) groups is 2. The normalized spacial score (nSPS) is 23.8. The predicted octanol–water partition coefficient (Wildman–Crippen LogP) is 2.48. The second kappa shape index (κ2) is 7.32. The van der Waals surface area contributed by atoms with Crippen LogP contribution in [0.2, 0.25) is 0 Å². The summed E-state index contributed by atoms with van der Waals surface area (Å²) in [5.41, 5.74) is 1.12. The molecule has 0 N–H and O–H groups in total. The summed E-state index contributed by atoms with van der Waals surface area (Å²) in [5, 5.41) is 0. The van der Waals surface area contributed by atoms with Crippen LogP contribution in [0.25, 0.3) is 0 Å². The van der Waals surface area contributed by atoms with Crippen molar-refractivity contribution in [2.45, 2.75) is 32.6 Å². The first-order valence-corrected chi connectivity index (χ1v) is 8.87. The van der Waals surface area contributed by atoms with Gasteiger partial charge in [-0.3, -0.25) is 9.59 Å². The topological polar surface area (TPSA) is 40.6 Å². The molecule has 0 aromatic heterocycles. The molecule has 0 saturated carbocycles. The average Bonchev–Trinajstić information content (AvgIpc) is 3.25. The maximum absolute atomic E-state index is 13.0. The molecule has 4 nitrogen and oxygen atoms in total. The Balaban J connectivity index is 1.51. The van der Waals surface area contributed by atoms with Gasteiger partial charge in [-0.05, 0) is 42.9 Å². The minimum absolute atomic E-state index is 0.0370. The Bertz CT molecular complexity index is 602. The second-order valence-electron chi connectivity index (χ2n) is 6.95. The highest BCUT2D eigenvalue weighted by molar-refractivity contribution is 5.82. The summed E-state index contributed by atoms with van der Waals surface area (Å²) in [6.07, 6.45) is 3.16. The van der Waals surface area contributed by atoms with Crippen LogP contribution < -0.4 is 0 Å². The molecule has 0 radical (unpaired) electrons. The molecular formula is C19H25FN2O2. The number of amides is 2. The first-order valence-electron chi connectivity index (χ1n) is 8.87. The number of nitrogens with zero attached hydrogens (tertiary/aromatic N) is 2. The molecule has 5 heteroatoms. The van der Waals surface area contributed by atoms with Gasteiger partial charge in [-0.1, -0.05) is 19.1 Å². The Kier molecular flexibility index (Phi) is 5.17. The van der Waals surface area contributed by atoms with Crippen molar-refractivity contribution < 1.29 is 14.0 Å². The number of hydrogen-bond acceptors (Lipinski definition) is 2. The summed E-state index contributed by atoms with van der Waals surface area (Å²) in [6.45, 7) is 4.70. The van der Waals surface area contributed by atoms with Crippen molar-refractivity contribution in [3.05, 3.63) is 35.6 Å². The zero-order chi connectivity index (χ0) is 17.1. The summed E-state index contributed by atoms with van der Waals surface area (Å²) in [4.78, 5) is 28.2. The number of carbonyl (C=O) groups excluding carboxylic acids is 2. The minimum Gasteiger partial charge on any atom is -0.342 e. The number of hydrogen-bond donors (Lipinski definition) is 0. The lowest BCUT2D eigenvalue weighted by molar-refractivity contribution is -0.134. The maximum atomic E-state index is 13.0. The minimum atomic E-state index is -0.214. The van der Waals surface area contributed by atoms with Gasteiger partial charge in [-0.15, -0.1) is 0 Å². The monoisotopic (exact) mass is 332 g/mol. The highest BCUT2D eigenvalue weighted by Gasteiger charge is 2.35. The quantitative estimate of drug-likeness (QED) is 0.850. The van der Waals surface area contributed by atoms with Crippen molar-refractivity contribution in [3.8, 4) is 0 Å². The van der Waals surface area contributed by atoms with Crippen LogP contribution in [-0.4, -0.2) is 47.8 Å². The van der Waals surface area contributed by atoms with Crippen LogP contribution >= 0.6 is 0 Å². The average molecular weight is 332 g/mol. The van der Waals surface area contributed by atoms with E-state index in [2.05, 4.69) is 0 Å². The van der Waals surface area contributed by atoms with Crippen LogP contribution in [0.5, 0.6) is 0 Å². The van der Waals surface area contributed by atoms with E-state index in [0.717, 1.165) is 37.9 Å². The molecule has 0 spiro atoms. The Labute approximate surface area is 142 Å². The summed E-state index contributed by atoms with van der Waals surface area (Å²) >= 11 is 0. The van der Waals surface area contributed by atoms with E-state index in [9.17, 15) is 14.0 Å². The molecule has 2 fully saturated rings. The van der Waals surface area contributed by atoms with Gasteiger partial charge in [0.2, 0.25) is 11.8 Å². The third-order valence-electron chi connectivity index (χ3n) is 5.23. The third kappa shape index (κ3) is 3.77. The maximum Gasteiger partial charge on any atom is 0.227 e. The standard InChI is InChI=1S/C19H25FN2O2/c1-2-18(23)21-10-8-16(13-21)19(24)22-9-7-15(12-22)11-14-3-5-17(20)6-4-14/h3-6,15-16H,2,7-13H2,1H3. The van der Waals surface area contributed by atoms with Crippen LogP contribution in [0.4, 0.5) is 4.39 Å². The van der Waals surface area contributed by atoms with Crippen molar-refractivity contribution in [2.75, 3.05) is 26.2 Å². The van der Waals surface area contributed by atoms with E-state index in [0.29, 0.717) is 25.4 Å². The number of likely N-dealkylation sites (tertiary alicyclic amines) is 2. The Hall–Kier alpha value is -1.91. The van der Waals surface area contributed by atoms with Gasteiger partial charge in [0, 0.05) is 32.6 Å². The van der Waals surface area contributed by atoms with E-state index in [-0.39, 0.29) is 23.5 Å². The lowest BCUT2D eigenvalue weighted by Gasteiger charge is -2.21. The van der Waals surface area contributed by atoms with Gasteiger partial charge < -0.3 is 9.80 Å². The van der Waals surface area contributed by atoms with Crippen molar-refractivity contribution in [2.24, 2.45) is 11.8 Å². The zero-order valence-corrected chi connectivity index (χ0v) is 14.2. The van der Waals surface area contributed by atoms with Crippen molar-refractivity contribution in [1.82, 2.24) is 9.80 Å². The molecule has 0 bridgehead atoms. The van der Waals surface area contributed by atoms with E-state index < -0.39 is 0 Å². The fourth-order valence-electron chi connectivity index (χ4n) is 3.82. The molecular weight excluding hydrogens is 307 g/mol. The third-order valence-corrected chi connectivity index (χ3v) is 5.23. The van der Waals surface area contributed by atoms with Gasteiger partial charge in [0.05, 0.1) is 5.92 Å². The number of halogens is 1. The van der Waals surface area contributed by atoms with Crippen LogP contribution in [0.15, 0.2) is 24.3 Å². The first kappa shape index (κ1) is 16.9. The highest BCUT2D eigenvalue weighted by Crippen LogP contribution is 2.26. The van der Waals surface area contributed by atoms with Gasteiger partial charge in [0.15, 0.2) is 0 Å². The summed E-state index contributed by atoms with van der Waals surface area (Å²) in [6, 6.07) is 6.63. The predicted molar refractivity (Wildman–Crippen MR) is 89.8 cm³/mol. The zero-order valence-electron chi connectivity index (χ0n) is 14.2. The Morgan fingerprint density at radius 3 is 2.50 bits per heavy atom. The van der Waals surface area contributed by atoms with E-state index in [4.69, 9.17) is 0 Å².